The van der Waals surface area contributed by atoms with E-state index >= 15 is 0 Å². The first-order valence-electron chi connectivity index (χ1n) is 10.4. The van der Waals surface area contributed by atoms with Crippen molar-refractivity contribution in [2.75, 3.05) is 6.54 Å². The zero-order valence-electron chi connectivity index (χ0n) is 17.6. The predicted octanol–water partition coefficient (Wildman–Crippen LogP) is 2.29. The van der Waals surface area contributed by atoms with Gasteiger partial charge in [-0.15, -0.1) is 0 Å². The lowest BCUT2D eigenvalue weighted by Gasteiger charge is -2.27. The predicted molar refractivity (Wildman–Crippen MR) is 113 cm³/mol. The van der Waals surface area contributed by atoms with Crippen molar-refractivity contribution in [1.82, 2.24) is 25.0 Å². The monoisotopic (exact) mass is 466 g/mol. The molecule has 1 saturated carbocycles. The van der Waals surface area contributed by atoms with Crippen LogP contribution < -0.4 is 11.1 Å². The number of nitrogens with one attached hydrogen (secondary N) is 1. The summed E-state index contributed by atoms with van der Waals surface area (Å²) in [6.07, 6.45) is 4.47. The maximum absolute atomic E-state index is 14.2. The summed E-state index contributed by atoms with van der Waals surface area (Å²) < 4.78 is 29.9. The Morgan fingerprint density at radius 1 is 1.38 bits per heavy atom. The molecule has 8 nitrogen and oxygen atoms in total. The summed E-state index contributed by atoms with van der Waals surface area (Å²) in [7, 11) is 0. The highest BCUT2D eigenvalue weighted by atomic mass is 35.5. The average molecular weight is 467 g/mol. The Morgan fingerprint density at radius 2 is 2.12 bits per heavy atom. The maximum atomic E-state index is 14.2. The number of nitrogens with zero attached hydrogens (tertiary/aromatic N) is 4. The molecule has 2 aromatic rings. The smallest absolute Gasteiger partial charge is 0.267 e. The third-order valence-electron chi connectivity index (χ3n) is 6.15. The van der Waals surface area contributed by atoms with Crippen LogP contribution in [0.25, 0.3) is 5.69 Å². The summed E-state index contributed by atoms with van der Waals surface area (Å²) in [5.41, 5.74) is 7.28. The molecule has 2 fully saturated rings. The number of rotatable bonds is 7. The maximum Gasteiger partial charge on any atom is 0.267 e. The molecule has 172 valence electrons. The molecule has 1 saturated heterocycles. The van der Waals surface area contributed by atoms with Crippen LogP contribution in [-0.2, 0) is 16.1 Å². The molecule has 32 heavy (non-hydrogen) atoms. The van der Waals surface area contributed by atoms with E-state index in [1.165, 1.54) is 17.3 Å². The fraction of sp³-hybridized carbons (Fsp3) is 0.524. The Kier molecular flexibility index (Phi) is 5.93. The lowest BCUT2D eigenvalue weighted by molar-refractivity contribution is -0.140. The number of hydrogen-bond donors (Lipinski definition) is 2. The van der Waals surface area contributed by atoms with Gasteiger partial charge < -0.3 is 16.0 Å². The van der Waals surface area contributed by atoms with Crippen molar-refractivity contribution in [2.45, 2.75) is 57.2 Å². The van der Waals surface area contributed by atoms with Gasteiger partial charge in [0.25, 0.3) is 5.92 Å². The molecule has 3 N–H and O–H groups in total. The topological polar surface area (TPSA) is 106 Å². The molecule has 2 heterocycles. The van der Waals surface area contributed by atoms with Crippen molar-refractivity contribution in [3.05, 3.63) is 41.4 Å². The normalized spacial score (nSPS) is 21.9. The number of hydrogen-bond acceptors (Lipinski definition) is 5. The average Bonchev–Trinajstić information content (AvgIpc) is 3.13. The van der Waals surface area contributed by atoms with E-state index in [0.29, 0.717) is 22.7 Å². The van der Waals surface area contributed by atoms with Gasteiger partial charge in [0.15, 0.2) is 0 Å². The highest BCUT2D eigenvalue weighted by molar-refractivity contribution is 6.30. The Hall–Kier alpha value is -2.59. The number of halogens is 3. The molecule has 11 heteroatoms. The lowest BCUT2D eigenvalue weighted by atomic mass is 9.98. The van der Waals surface area contributed by atoms with Crippen LogP contribution >= 0.6 is 11.6 Å². The van der Waals surface area contributed by atoms with Crippen molar-refractivity contribution in [2.24, 2.45) is 11.1 Å². The van der Waals surface area contributed by atoms with Crippen molar-refractivity contribution < 1.29 is 18.4 Å². The van der Waals surface area contributed by atoms with E-state index in [2.05, 4.69) is 15.4 Å². The number of benzene rings is 1. The SMILES string of the molecule is CC1(C[C@@H](N)C(=O)N2CC(F)(F)C[C@H]2C(=O)NCc2cc(Cl)ccc2-n2cncn2)CC1. The van der Waals surface area contributed by atoms with Gasteiger partial charge in [-0.25, -0.2) is 18.4 Å². The molecule has 1 aliphatic heterocycles. The molecule has 2 amide bonds. The van der Waals surface area contributed by atoms with E-state index in [1.807, 2.05) is 6.92 Å². The zero-order chi connectivity index (χ0) is 23.1. The van der Waals surface area contributed by atoms with E-state index in [0.717, 1.165) is 17.7 Å². The molecule has 2 atom stereocenters. The van der Waals surface area contributed by atoms with Crippen molar-refractivity contribution in [3.63, 3.8) is 0 Å². The molecule has 1 aliphatic carbocycles. The second kappa shape index (κ2) is 8.40. The molecular weight excluding hydrogens is 442 g/mol. The summed E-state index contributed by atoms with van der Waals surface area (Å²) in [4.78, 5) is 30.5. The van der Waals surface area contributed by atoms with Gasteiger partial charge in [-0.2, -0.15) is 5.10 Å². The minimum Gasteiger partial charge on any atom is -0.350 e. The summed E-state index contributed by atoms with van der Waals surface area (Å²) in [5, 5.41) is 7.18. The Balaban J connectivity index is 1.47. The summed E-state index contributed by atoms with van der Waals surface area (Å²) in [6.45, 7) is 1.22. The molecule has 2 aliphatic rings. The number of amides is 2. The van der Waals surface area contributed by atoms with Crippen LogP contribution in [0.4, 0.5) is 8.78 Å². The third kappa shape index (κ3) is 4.91. The molecular formula is C21H25ClF2N6O2. The number of nitrogens with two attached hydrogens (primary N) is 1. The highest BCUT2D eigenvalue weighted by Gasteiger charge is 2.51. The van der Waals surface area contributed by atoms with Gasteiger partial charge in [-0.05, 0) is 48.4 Å². The molecule has 0 spiro atoms. The molecule has 0 radical (unpaired) electrons. The van der Waals surface area contributed by atoms with E-state index in [9.17, 15) is 18.4 Å². The van der Waals surface area contributed by atoms with Crippen molar-refractivity contribution >= 4 is 23.4 Å². The van der Waals surface area contributed by atoms with Gasteiger partial charge in [0.05, 0.1) is 18.3 Å². The summed E-state index contributed by atoms with van der Waals surface area (Å²) in [5.74, 6) is -4.42. The lowest BCUT2D eigenvalue weighted by Crippen LogP contribution is -2.51. The number of alkyl halides is 2. The van der Waals surface area contributed by atoms with E-state index in [-0.39, 0.29) is 12.0 Å². The summed E-state index contributed by atoms with van der Waals surface area (Å²) >= 11 is 6.09. The molecule has 0 bridgehead atoms. The van der Waals surface area contributed by atoms with Crippen molar-refractivity contribution in [3.8, 4) is 5.69 Å². The van der Waals surface area contributed by atoms with Crippen LogP contribution in [0.3, 0.4) is 0 Å². The quantitative estimate of drug-likeness (QED) is 0.651. The minimum atomic E-state index is -3.15. The fourth-order valence-electron chi connectivity index (χ4n) is 4.08. The molecule has 4 rings (SSSR count). The fourth-order valence-corrected chi connectivity index (χ4v) is 4.28. The number of carbonyl (C=O) groups excluding carboxylic acids is 2. The van der Waals surface area contributed by atoms with Gasteiger partial charge in [0.2, 0.25) is 11.8 Å². The second-order valence-corrected chi connectivity index (χ2v) is 9.43. The van der Waals surface area contributed by atoms with Crippen LogP contribution in [-0.4, -0.2) is 56.0 Å². The third-order valence-corrected chi connectivity index (χ3v) is 6.38. The van der Waals surface area contributed by atoms with Gasteiger partial charge in [-0.3, -0.25) is 9.59 Å². The van der Waals surface area contributed by atoms with Crippen LogP contribution in [0.2, 0.25) is 5.02 Å². The molecule has 1 aromatic heterocycles. The minimum absolute atomic E-state index is 0.0145. The Morgan fingerprint density at radius 3 is 2.78 bits per heavy atom. The largest absolute Gasteiger partial charge is 0.350 e. The molecule has 0 unspecified atom stereocenters. The van der Waals surface area contributed by atoms with Crippen LogP contribution in [0.1, 0.15) is 38.2 Å². The van der Waals surface area contributed by atoms with Crippen LogP contribution in [0.5, 0.6) is 0 Å². The van der Waals surface area contributed by atoms with Gasteiger partial charge in [-0.1, -0.05) is 18.5 Å². The van der Waals surface area contributed by atoms with Gasteiger partial charge in [0.1, 0.15) is 18.7 Å². The standard InChI is InChI=1S/C21H25ClF2N6O2/c1-20(4-5-20)7-15(25)19(32)29-10-21(23,24)8-17(29)18(31)27-9-13-6-14(22)2-3-16(13)30-12-26-11-28-30/h2-3,6,11-12,15,17H,4-5,7-10,25H2,1H3,(H,27,31)/t15-,17+/m1/s1. The zero-order valence-corrected chi connectivity index (χ0v) is 18.4. The first-order chi connectivity index (χ1) is 15.1. The van der Waals surface area contributed by atoms with Gasteiger partial charge >= 0.3 is 0 Å². The van der Waals surface area contributed by atoms with Gasteiger partial charge in [0, 0.05) is 18.0 Å². The number of carbonyl (C=O) groups is 2. The number of likely N-dealkylation sites (tertiary alicyclic amines) is 1. The summed E-state index contributed by atoms with van der Waals surface area (Å²) in [6, 6.07) is 2.85. The van der Waals surface area contributed by atoms with E-state index in [4.69, 9.17) is 17.3 Å². The van der Waals surface area contributed by atoms with Crippen LogP contribution in [0, 0.1) is 5.41 Å². The first kappa shape index (κ1) is 22.6. The van der Waals surface area contributed by atoms with E-state index < -0.39 is 42.8 Å². The van der Waals surface area contributed by atoms with Crippen LogP contribution in [0.15, 0.2) is 30.9 Å². The van der Waals surface area contributed by atoms with Crippen molar-refractivity contribution in [1.29, 1.82) is 0 Å². The molecule has 1 aromatic carbocycles. The highest BCUT2D eigenvalue weighted by Crippen LogP contribution is 2.49. The first-order valence-corrected chi connectivity index (χ1v) is 10.8. The van der Waals surface area contributed by atoms with E-state index in [1.54, 1.807) is 18.2 Å². The number of aromatic nitrogens is 3. The Labute approximate surface area is 189 Å². The Bertz CT molecular complexity index is 1010. The second-order valence-electron chi connectivity index (χ2n) is 8.99.